The monoisotopic (exact) mass is 307 g/mol. The summed E-state index contributed by atoms with van der Waals surface area (Å²) in [5.74, 6) is 0. The molecule has 2 heterocycles. The molecule has 0 saturated carbocycles. The van der Waals surface area contributed by atoms with Crippen LogP contribution in [0.4, 0.5) is 4.79 Å². The molecule has 0 aromatic heterocycles. The average molecular weight is 307 g/mol. The molecule has 3 heteroatoms. The van der Waals surface area contributed by atoms with Crippen LogP contribution in [-0.2, 0) is 23.1 Å². The van der Waals surface area contributed by atoms with Gasteiger partial charge >= 0.3 is 6.09 Å². The van der Waals surface area contributed by atoms with Crippen LogP contribution in [0.25, 0.3) is 0 Å². The van der Waals surface area contributed by atoms with Crippen molar-refractivity contribution < 1.29 is 9.53 Å². The van der Waals surface area contributed by atoms with E-state index in [1.54, 1.807) is 0 Å². The normalized spacial score (nSPS) is 29.0. The summed E-state index contributed by atoms with van der Waals surface area (Å²) in [6, 6.07) is 18.7. The van der Waals surface area contributed by atoms with Crippen LogP contribution in [-0.4, -0.2) is 23.1 Å². The van der Waals surface area contributed by atoms with Crippen LogP contribution in [0.5, 0.6) is 0 Å². The van der Waals surface area contributed by atoms with Crippen molar-refractivity contribution in [1.82, 2.24) is 4.90 Å². The van der Waals surface area contributed by atoms with Crippen LogP contribution in [0.2, 0.25) is 0 Å². The Morgan fingerprint density at radius 3 is 2.52 bits per heavy atom. The number of carbonyl (C=O) groups is 1. The lowest BCUT2D eigenvalue weighted by Crippen LogP contribution is -2.56. The zero-order valence-corrected chi connectivity index (χ0v) is 13.6. The quantitative estimate of drug-likeness (QED) is 0.842. The molecule has 2 aliphatic heterocycles. The molecule has 0 spiro atoms. The summed E-state index contributed by atoms with van der Waals surface area (Å²) < 4.78 is 5.95. The van der Waals surface area contributed by atoms with Crippen molar-refractivity contribution in [2.24, 2.45) is 0 Å². The maximum absolute atomic E-state index is 12.5. The molecule has 0 radical (unpaired) electrons. The summed E-state index contributed by atoms with van der Waals surface area (Å²) in [4.78, 5) is 14.4. The number of fused-ring (bicyclic) bond motifs is 3. The minimum Gasteiger partial charge on any atom is -0.440 e. The van der Waals surface area contributed by atoms with Crippen LogP contribution < -0.4 is 0 Å². The zero-order valence-electron chi connectivity index (χ0n) is 13.6. The third-order valence-electron chi connectivity index (χ3n) is 5.63. The van der Waals surface area contributed by atoms with E-state index in [2.05, 4.69) is 50.2 Å². The molecule has 0 aliphatic carbocycles. The maximum Gasteiger partial charge on any atom is 0.411 e. The highest BCUT2D eigenvalue weighted by molar-refractivity contribution is 5.74. The predicted molar refractivity (Wildman–Crippen MR) is 89.2 cm³/mol. The van der Waals surface area contributed by atoms with Crippen molar-refractivity contribution in [3.05, 3.63) is 71.3 Å². The van der Waals surface area contributed by atoms with E-state index in [-0.39, 0.29) is 6.09 Å². The van der Waals surface area contributed by atoms with Crippen molar-refractivity contribution in [2.45, 2.75) is 37.8 Å². The third-order valence-corrected chi connectivity index (χ3v) is 5.63. The van der Waals surface area contributed by atoms with Gasteiger partial charge in [-0.3, -0.25) is 4.90 Å². The first-order chi connectivity index (χ1) is 11.0. The van der Waals surface area contributed by atoms with Gasteiger partial charge in [0.15, 0.2) is 0 Å². The Kier molecular flexibility index (Phi) is 3.02. The summed E-state index contributed by atoms with van der Waals surface area (Å²) in [6.45, 7) is 4.94. The molecule has 0 N–H and O–H groups in total. The van der Waals surface area contributed by atoms with Crippen molar-refractivity contribution in [3.8, 4) is 0 Å². The van der Waals surface area contributed by atoms with Crippen molar-refractivity contribution >= 4 is 6.09 Å². The smallest absolute Gasteiger partial charge is 0.411 e. The second-order valence-corrected chi connectivity index (χ2v) is 6.89. The fraction of sp³-hybridized carbons (Fsp3) is 0.350. The van der Waals surface area contributed by atoms with Gasteiger partial charge in [-0.05, 0) is 37.0 Å². The van der Waals surface area contributed by atoms with Gasteiger partial charge in [0.2, 0.25) is 0 Å². The summed E-state index contributed by atoms with van der Waals surface area (Å²) >= 11 is 0. The lowest BCUT2D eigenvalue weighted by molar-refractivity contribution is 0.00241. The van der Waals surface area contributed by atoms with E-state index >= 15 is 0 Å². The van der Waals surface area contributed by atoms with Crippen molar-refractivity contribution in [3.63, 3.8) is 0 Å². The fourth-order valence-electron chi connectivity index (χ4n) is 4.20. The number of hydrogen-bond acceptors (Lipinski definition) is 2. The Hall–Kier alpha value is -2.29. The predicted octanol–water partition coefficient (Wildman–Crippen LogP) is 3.91. The number of hydrogen-bond donors (Lipinski definition) is 0. The molecule has 2 aliphatic rings. The first-order valence-corrected chi connectivity index (χ1v) is 8.17. The molecule has 23 heavy (non-hydrogen) atoms. The molecule has 2 aromatic carbocycles. The highest BCUT2D eigenvalue weighted by Gasteiger charge is 2.62. The van der Waals surface area contributed by atoms with Gasteiger partial charge in [0.05, 0.1) is 0 Å². The van der Waals surface area contributed by atoms with Crippen LogP contribution in [0.3, 0.4) is 0 Å². The maximum atomic E-state index is 12.5. The van der Waals surface area contributed by atoms with Gasteiger partial charge in [-0.1, -0.05) is 54.6 Å². The second kappa shape index (κ2) is 4.85. The van der Waals surface area contributed by atoms with Gasteiger partial charge in [0.1, 0.15) is 11.1 Å². The number of ether oxygens (including phenoxy) is 1. The second-order valence-electron chi connectivity index (χ2n) is 6.89. The SMILES string of the molecule is CC1(Cc2ccccc2)OC(=O)N2CCc3ccccc3C21C. The van der Waals surface area contributed by atoms with Crippen LogP contribution in [0.15, 0.2) is 54.6 Å². The molecule has 1 fully saturated rings. The van der Waals surface area contributed by atoms with Crippen molar-refractivity contribution in [1.29, 1.82) is 0 Å². The average Bonchev–Trinajstić information content (AvgIpc) is 2.75. The number of cyclic esters (lactones) is 1. The Bertz CT molecular complexity index is 757. The van der Waals surface area contributed by atoms with Gasteiger partial charge in [0, 0.05) is 13.0 Å². The minimum atomic E-state index is -0.581. The van der Waals surface area contributed by atoms with E-state index in [0.717, 1.165) is 13.0 Å². The Labute approximate surface area is 136 Å². The highest BCUT2D eigenvalue weighted by Crippen LogP contribution is 2.51. The number of rotatable bonds is 2. The molecule has 2 aromatic rings. The zero-order chi connectivity index (χ0) is 16.1. The minimum absolute atomic E-state index is 0.194. The summed E-state index contributed by atoms with van der Waals surface area (Å²) in [5, 5.41) is 0. The molecule has 118 valence electrons. The van der Waals surface area contributed by atoms with Crippen LogP contribution in [0.1, 0.15) is 30.5 Å². The fourth-order valence-corrected chi connectivity index (χ4v) is 4.20. The summed E-state index contributed by atoms with van der Waals surface area (Å²) in [7, 11) is 0. The van der Waals surface area contributed by atoms with Crippen molar-refractivity contribution in [2.75, 3.05) is 6.54 Å². The molecule has 4 rings (SSSR count). The van der Waals surface area contributed by atoms with Gasteiger partial charge in [0.25, 0.3) is 0 Å². The summed E-state index contributed by atoms with van der Waals surface area (Å²) in [5.41, 5.74) is 2.71. The third kappa shape index (κ3) is 1.92. The molecular weight excluding hydrogens is 286 g/mol. The largest absolute Gasteiger partial charge is 0.440 e. The number of amides is 1. The molecule has 1 amide bonds. The topological polar surface area (TPSA) is 29.5 Å². The van der Waals surface area contributed by atoms with Gasteiger partial charge in [-0.2, -0.15) is 0 Å². The van der Waals surface area contributed by atoms with Crippen LogP contribution >= 0.6 is 0 Å². The molecule has 2 atom stereocenters. The van der Waals surface area contributed by atoms with Gasteiger partial charge in [-0.25, -0.2) is 4.79 Å². The molecular formula is C20H21NO2. The van der Waals surface area contributed by atoms with E-state index in [1.807, 2.05) is 23.1 Å². The lowest BCUT2D eigenvalue weighted by atomic mass is 9.70. The lowest BCUT2D eigenvalue weighted by Gasteiger charge is -2.46. The summed E-state index contributed by atoms with van der Waals surface area (Å²) in [6.07, 6.45) is 1.41. The molecule has 0 bridgehead atoms. The Balaban J connectivity index is 1.84. The molecule has 3 nitrogen and oxygen atoms in total. The van der Waals surface area contributed by atoms with Gasteiger partial charge < -0.3 is 4.74 Å². The van der Waals surface area contributed by atoms with Gasteiger partial charge in [-0.15, -0.1) is 0 Å². The van der Waals surface area contributed by atoms with E-state index in [9.17, 15) is 4.79 Å². The number of nitrogens with zero attached hydrogens (tertiary/aromatic N) is 1. The van der Waals surface area contributed by atoms with E-state index in [1.165, 1.54) is 16.7 Å². The number of benzene rings is 2. The van der Waals surface area contributed by atoms with Crippen LogP contribution in [0, 0.1) is 0 Å². The number of carbonyl (C=O) groups excluding carboxylic acids is 1. The van der Waals surface area contributed by atoms with E-state index < -0.39 is 11.1 Å². The van der Waals surface area contributed by atoms with E-state index in [4.69, 9.17) is 4.74 Å². The van der Waals surface area contributed by atoms with E-state index in [0.29, 0.717) is 6.42 Å². The molecule has 1 saturated heterocycles. The highest BCUT2D eigenvalue weighted by atomic mass is 16.6. The first-order valence-electron chi connectivity index (χ1n) is 8.17. The Morgan fingerprint density at radius 1 is 1.04 bits per heavy atom. The standard InChI is InChI=1S/C20H21NO2/c1-19(14-15-8-4-3-5-9-15)20(2)17-11-7-6-10-16(17)12-13-21(20)18(22)23-19/h3-11H,12-14H2,1-2H3. The first kappa shape index (κ1) is 14.3. The molecule has 2 unspecified atom stereocenters. The Morgan fingerprint density at radius 2 is 1.74 bits per heavy atom.